The third kappa shape index (κ3) is 5.07. The molecule has 0 spiro atoms. The second-order valence-electron chi connectivity index (χ2n) is 8.96. The Morgan fingerprint density at radius 2 is 1.78 bits per heavy atom. The van der Waals surface area contributed by atoms with Crippen LogP contribution in [0.4, 0.5) is 5.82 Å². The van der Waals surface area contributed by atoms with E-state index in [1.807, 2.05) is 0 Å². The number of hydrogen-bond acceptors (Lipinski definition) is 13. The van der Waals surface area contributed by atoms with Crippen molar-refractivity contribution in [3.8, 4) is 0 Å². The van der Waals surface area contributed by atoms with Gasteiger partial charge in [0.15, 0.2) is 12.0 Å². The molecule has 36 heavy (non-hydrogen) atoms. The molecular formula is C21H33N4O10P. The van der Waals surface area contributed by atoms with Gasteiger partial charge in [-0.25, -0.2) is 9.46 Å². The van der Waals surface area contributed by atoms with Crippen LogP contribution in [0, 0.1) is 0 Å². The summed E-state index contributed by atoms with van der Waals surface area (Å²) in [5, 5.41) is 22.0. The van der Waals surface area contributed by atoms with Gasteiger partial charge in [0, 0.05) is 32.1 Å². The van der Waals surface area contributed by atoms with E-state index in [0.29, 0.717) is 0 Å². The van der Waals surface area contributed by atoms with Gasteiger partial charge in [0.25, 0.3) is 8.53 Å². The first-order chi connectivity index (χ1) is 16.5. The van der Waals surface area contributed by atoms with Gasteiger partial charge >= 0.3 is 17.4 Å². The molecule has 1 aliphatic heterocycles. The molecule has 0 amide bonds. The number of nitrogen functional groups attached to an aromatic ring is 1. The molecule has 1 aromatic rings. The lowest BCUT2D eigenvalue weighted by Crippen LogP contribution is -2.70. The number of nitrogens with zero attached hydrogens (tertiary/aromatic N) is 3. The minimum absolute atomic E-state index is 0.142. The molecule has 0 aliphatic carbocycles. The molecule has 5 N–H and O–H groups in total. The minimum Gasteiger partial charge on any atom is -0.421 e. The molecule has 0 saturated carbocycles. The molecular weight excluding hydrogens is 499 g/mol. The van der Waals surface area contributed by atoms with Crippen molar-refractivity contribution in [2.45, 2.75) is 90.4 Å². The van der Waals surface area contributed by atoms with Crippen LogP contribution >= 0.6 is 8.53 Å². The van der Waals surface area contributed by atoms with Crippen molar-refractivity contribution in [2.75, 3.05) is 5.73 Å². The average molecular weight is 532 g/mol. The molecule has 2 rings (SSSR count). The van der Waals surface area contributed by atoms with Gasteiger partial charge in [-0.15, -0.1) is 0 Å². The first-order valence-electron chi connectivity index (χ1n) is 11.1. The van der Waals surface area contributed by atoms with Crippen LogP contribution in [0.5, 0.6) is 0 Å². The number of aromatic nitrogens is 2. The smallest absolute Gasteiger partial charge is 0.351 e. The monoisotopic (exact) mass is 532 g/mol. The van der Waals surface area contributed by atoms with E-state index in [1.165, 1.54) is 10.7 Å². The topological polar surface area (TPSA) is 204 Å². The summed E-state index contributed by atoms with van der Waals surface area (Å²) in [6.45, 7) is 9.67. The van der Waals surface area contributed by atoms with E-state index in [-0.39, 0.29) is 17.9 Å². The van der Waals surface area contributed by atoms with E-state index >= 15 is 0 Å². The van der Waals surface area contributed by atoms with Crippen molar-refractivity contribution in [1.82, 2.24) is 14.2 Å². The molecule has 1 fully saturated rings. The van der Waals surface area contributed by atoms with E-state index in [1.54, 1.807) is 27.7 Å². The molecule has 1 aliphatic rings. The molecule has 2 unspecified atom stereocenters. The number of carbonyl (C=O) groups excluding carboxylic acids is 3. The summed E-state index contributed by atoms with van der Waals surface area (Å²) in [4.78, 5) is 65.5. The summed E-state index contributed by atoms with van der Waals surface area (Å²) in [5.74, 6) is -6.52. The number of anilines is 1. The molecule has 0 radical (unpaired) electrons. The molecule has 202 valence electrons. The Kier molecular flexibility index (Phi) is 9.11. The quantitative estimate of drug-likeness (QED) is 0.172. The highest BCUT2D eigenvalue weighted by molar-refractivity contribution is 7.43. The zero-order valence-corrected chi connectivity index (χ0v) is 22.0. The lowest BCUT2D eigenvalue weighted by molar-refractivity contribution is -0.275. The van der Waals surface area contributed by atoms with Crippen molar-refractivity contribution in [3.05, 3.63) is 22.7 Å². The first-order valence-corrected chi connectivity index (χ1v) is 12.3. The van der Waals surface area contributed by atoms with E-state index in [4.69, 9.17) is 19.7 Å². The fraction of sp³-hybridized carbons (Fsp3) is 0.667. The number of ether oxygens (including phenoxy) is 2. The lowest BCUT2D eigenvalue weighted by Gasteiger charge is -2.46. The summed E-state index contributed by atoms with van der Waals surface area (Å²) in [5.41, 5.74) is 1.61. The van der Waals surface area contributed by atoms with Crippen LogP contribution in [0.2, 0.25) is 0 Å². The Balaban J connectivity index is 2.79. The van der Waals surface area contributed by atoms with Gasteiger partial charge in [-0.05, 0) is 40.7 Å². The maximum atomic E-state index is 13.2. The van der Waals surface area contributed by atoms with Crippen LogP contribution in [0.1, 0.15) is 54.7 Å². The Hall–Kier alpha value is -2.32. The molecule has 1 aromatic heterocycles. The fourth-order valence-electron chi connectivity index (χ4n) is 4.28. The maximum Gasteiger partial charge on any atom is 0.351 e. The van der Waals surface area contributed by atoms with E-state index in [2.05, 4.69) is 4.98 Å². The summed E-state index contributed by atoms with van der Waals surface area (Å²) in [7, 11) is -2.75. The average Bonchev–Trinajstić information content (AvgIpc) is 2.98. The number of hydrogen-bond donors (Lipinski definition) is 4. The van der Waals surface area contributed by atoms with Crippen LogP contribution in [0.15, 0.2) is 17.1 Å². The highest BCUT2D eigenvalue weighted by atomic mass is 31.2. The van der Waals surface area contributed by atoms with E-state index in [9.17, 15) is 34.3 Å². The molecule has 15 heteroatoms. The predicted octanol–water partition coefficient (Wildman–Crippen LogP) is -0.393. The van der Waals surface area contributed by atoms with Crippen molar-refractivity contribution in [3.63, 3.8) is 0 Å². The first kappa shape index (κ1) is 29.9. The largest absolute Gasteiger partial charge is 0.421 e. The van der Waals surface area contributed by atoms with Crippen LogP contribution in [0.3, 0.4) is 0 Å². The highest BCUT2D eigenvalue weighted by Gasteiger charge is 2.75. The Morgan fingerprint density at radius 3 is 2.19 bits per heavy atom. The Bertz CT molecular complexity index is 1060. The molecule has 2 heterocycles. The summed E-state index contributed by atoms with van der Waals surface area (Å²) < 4.78 is 18.9. The second kappa shape index (κ2) is 11.0. The van der Waals surface area contributed by atoms with Crippen molar-refractivity contribution in [2.24, 2.45) is 0 Å². The predicted molar refractivity (Wildman–Crippen MR) is 126 cm³/mol. The Morgan fingerprint density at radius 1 is 1.22 bits per heavy atom. The van der Waals surface area contributed by atoms with E-state index < -0.39 is 61.6 Å². The number of carbonyl (C=O) groups is 3. The standard InChI is InChI=1S/C21H33N4O10P/c1-10(2)25(11(3)4)36(32)35-21(13(6)27,33-14(7)28)20(12(5)26)17(30)16(29)18(34-20)24-9-8-15(22)23-19(24)31/h8-11,16-18,29-30,32H,1-7H3,(H2,22,23,31)/t16-,17+,18-,20+,21?,36?/m1/s1. The van der Waals surface area contributed by atoms with Crippen molar-refractivity contribution in [1.29, 1.82) is 0 Å². The number of esters is 1. The molecule has 6 atom stereocenters. The normalized spacial score (nSPS) is 26.8. The molecule has 14 nitrogen and oxygen atoms in total. The summed E-state index contributed by atoms with van der Waals surface area (Å²) >= 11 is 0. The second-order valence-corrected chi connectivity index (χ2v) is 10.1. The third-order valence-corrected chi connectivity index (χ3v) is 7.43. The molecule has 0 aromatic carbocycles. The van der Waals surface area contributed by atoms with E-state index in [0.717, 1.165) is 31.5 Å². The Labute approximate surface area is 208 Å². The van der Waals surface area contributed by atoms with Gasteiger partial charge in [0.1, 0.15) is 18.0 Å². The number of aliphatic hydroxyl groups excluding tert-OH is 2. The minimum atomic E-state index is -3.05. The van der Waals surface area contributed by atoms with Crippen LogP contribution in [0.25, 0.3) is 0 Å². The van der Waals surface area contributed by atoms with Gasteiger partial charge in [-0.1, -0.05) is 0 Å². The molecule has 0 bridgehead atoms. The number of rotatable bonds is 10. The lowest BCUT2D eigenvalue weighted by atomic mass is 9.80. The van der Waals surface area contributed by atoms with Gasteiger partial charge < -0.3 is 30.3 Å². The zero-order valence-electron chi connectivity index (χ0n) is 21.1. The van der Waals surface area contributed by atoms with Crippen molar-refractivity contribution >= 4 is 31.9 Å². The number of Topliss-reactive ketones (excluding diaryl/α,β-unsaturated/α-hetero) is 2. The van der Waals surface area contributed by atoms with Gasteiger partial charge in [-0.2, -0.15) is 4.98 Å². The third-order valence-electron chi connectivity index (χ3n) is 5.69. The summed E-state index contributed by atoms with van der Waals surface area (Å²) in [6.07, 6.45) is -4.95. The van der Waals surface area contributed by atoms with Gasteiger partial charge in [0.2, 0.25) is 11.4 Å². The number of aliphatic hydroxyl groups is 2. The van der Waals surface area contributed by atoms with Crippen LogP contribution in [-0.2, 0) is 28.4 Å². The zero-order chi connectivity index (χ0) is 27.7. The van der Waals surface area contributed by atoms with Crippen molar-refractivity contribution < 1.29 is 43.5 Å². The number of ketones is 2. The highest BCUT2D eigenvalue weighted by Crippen LogP contribution is 2.53. The van der Waals surface area contributed by atoms with Crippen LogP contribution in [-0.4, -0.2) is 82.5 Å². The van der Waals surface area contributed by atoms with Crippen LogP contribution < -0.4 is 11.4 Å². The molecule has 1 saturated heterocycles. The van der Waals surface area contributed by atoms with Gasteiger partial charge in [-0.3, -0.25) is 23.5 Å². The number of nitrogens with two attached hydrogens (primary N) is 1. The SMILES string of the molecule is CC(=O)OC(OP(O)N(C(C)C)C(C)C)(C(C)=O)[C@@]1(C(C)=O)O[C@@H](n2ccc(N)nc2=O)[C@H](O)[C@@H]1O. The summed E-state index contributed by atoms with van der Waals surface area (Å²) in [6, 6.07) is 0.543. The maximum absolute atomic E-state index is 13.2. The van der Waals surface area contributed by atoms with Gasteiger partial charge in [0.05, 0.1) is 0 Å². The fourth-order valence-corrected chi connectivity index (χ4v) is 5.69.